The number of esters is 1. The first-order chi connectivity index (χ1) is 9.78. The summed E-state index contributed by atoms with van der Waals surface area (Å²) in [6, 6.07) is 10.9. The topological polar surface area (TPSA) is 41.6 Å². The summed E-state index contributed by atoms with van der Waals surface area (Å²) in [4.78, 5) is 13.4. The van der Waals surface area contributed by atoms with Crippen LogP contribution in [0.15, 0.2) is 42.6 Å². The van der Waals surface area contributed by atoms with Crippen LogP contribution in [0, 0.1) is 0 Å². The van der Waals surface area contributed by atoms with E-state index in [1.165, 1.54) is 25.2 Å². The first kappa shape index (κ1) is 14.6. The molecule has 1 aliphatic rings. The highest BCUT2D eigenvalue weighted by Crippen LogP contribution is 2.13. The van der Waals surface area contributed by atoms with Gasteiger partial charge in [0.25, 0.3) is 0 Å². The van der Waals surface area contributed by atoms with Crippen molar-refractivity contribution in [2.24, 2.45) is 0 Å². The number of hydrogen-bond acceptors (Lipinski definition) is 4. The van der Waals surface area contributed by atoms with E-state index in [0.29, 0.717) is 6.04 Å². The molecule has 0 amide bonds. The number of ether oxygens (including phenoxy) is 1. The van der Waals surface area contributed by atoms with Gasteiger partial charge in [-0.1, -0.05) is 30.3 Å². The molecule has 0 aromatic heterocycles. The third-order valence-electron chi connectivity index (χ3n) is 3.51. The lowest BCUT2D eigenvalue weighted by molar-refractivity contribution is -0.134. The highest BCUT2D eigenvalue weighted by molar-refractivity contribution is 5.81. The average Bonchev–Trinajstić information content (AvgIpc) is 2.48. The highest BCUT2D eigenvalue weighted by atomic mass is 16.5. The lowest BCUT2D eigenvalue weighted by atomic mass is 10.0. The number of nitrogens with one attached hydrogen (secondary N) is 1. The molecule has 0 spiro atoms. The second-order valence-electron chi connectivity index (χ2n) is 5.08. The minimum Gasteiger partial charge on any atom is -0.466 e. The van der Waals surface area contributed by atoms with E-state index in [1.54, 1.807) is 6.20 Å². The van der Waals surface area contributed by atoms with Crippen molar-refractivity contribution in [2.75, 3.05) is 20.2 Å². The summed E-state index contributed by atoms with van der Waals surface area (Å²) in [5.74, 6) is -0.325. The normalized spacial score (nSPS) is 19.9. The molecule has 108 valence electrons. The molecule has 0 bridgehead atoms. The SMILES string of the molecule is COC(=O)/C=C/NC1CCCN(Cc2ccccc2)C1. The molecule has 1 aliphatic heterocycles. The van der Waals surface area contributed by atoms with Crippen molar-refractivity contribution >= 4 is 5.97 Å². The van der Waals surface area contributed by atoms with Crippen LogP contribution >= 0.6 is 0 Å². The number of piperidine rings is 1. The van der Waals surface area contributed by atoms with Gasteiger partial charge in [-0.05, 0) is 24.9 Å². The third kappa shape index (κ3) is 4.70. The van der Waals surface area contributed by atoms with Crippen LogP contribution in [0.1, 0.15) is 18.4 Å². The molecule has 1 heterocycles. The second-order valence-corrected chi connectivity index (χ2v) is 5.08. The Labute approximate surface area is 120 Å². The average molecular weight is 274 g/mol. The van der Waals surface area contributed by atoms with Gasteiger partial charge in [0.1, 0.15) is 0 Å². The molecule has 0 saturated carbocycles. The van der Waals surface area contributed by atoms with E-state index in [-0.39, 0.29) is 5.97 Å². The predicted octanol–water partition coefficient (Wildman–Crippen LogP) is 1.93. The van der Waals surface area contributed by atoms with E-state index < -0.39 is 0 Å². The fourth-order valence-electron chi connectivity index (χ4n) is 2.50. The summed E-state index contributed by atoms with van der Waals surface area (Å²) in [5, 5.41) is 3.28. The van der Waals surface area contributed by atoms with Gasteiger partial charge >= 0.3 is 5.97 Å². The minimum absolute atomic E-state index is 0.325. The Kier molecular flexibility index (Phi) is 5.62. The number of methoxy groups -OCH3 is 1. The zero-order chi connectivity index (χ0) is 14.2. The molecule has 0 aliphatic carbocycles. The van der Waals surface area contributed by atoms with Gasteiger partial charge in [0.05, 0.1) is 7.11 Å². The van der Waals surface area contributed by atoms with Crippen LogP contribution in [0.2, 0.25) is 0 Å². The van der Waals surface area contributed by atoms with Gasteiger partial charge in [-0.15, -0.1) is 0 Å². The zero-order valence-electron chi connectivity index (χ0n) is 11.9. The number of hydrogen-bond donors (Lipinski definition) is 1. The zero-order valence-corrected chi connectivity index (χ0v) is 11.9. The van der Waals surface area contributed by atoms with Crippen molar-refractivity contribution in [2.45, 2.75) is 25.4 Å². The molecule has 4 heteroatoms. The standard InChI is InChI=1S/C16H22N2O2/c1-20-16(19)9-10-17-15-8-5-11-18(13-15)12-14-6-3-2-4-7-14/h2-4,6-7,9-10,15,17H,5,8,11-13H2,1H3/b10-9+. The number of nitrogens with zero attached hydrogens (tertiary/aromatic N) is 1. The van der Waals surface area contributed by atoms with Gasteiger partial charge in [-0.2, -0.15) is 0 Å². The van der Waals surface area contributed by atoms with Gasteiger partial charge in [-0.25, -0.2) is 4.79 Å². The van der Waals surface area contributed by atoms with E-state index in [0.717, 1.165) is 26.1 Å². The first-order valence-corrected chi connectivity index (χ1v) is 7.05. The van der Waals surface area contributed by atoms with Gasteiger partial charge in [0.15, 0.2) is 0 Å². The van der Waals surface area contributed by atoms with E-state index in [1.807, 2.05) is 6.07 Å². The Bertz CT molecular complexity index is 445. The summed E-state index contributed by atoms with van der Waals surface area (Å²) in [6.07, 6.45) is 5.44. The molecule has 2 rings (SSSR count). The molecule has 1 saturated heterocycles. The van der Waals surface area contributed by atoms with Crippen molar-refractivity contribution in [3.05, 3.63) is 48.2 Å². The monoisotopic (exact) mass is 274 g/mol. The van der Waals surface area contributed by atoms with Crippen molar-refractivity contribution < 1.29 is 9.53 Å². The van der Waals surface area contributed by atoms with Crippen LogP contribution in [-0.4, -0.2) is 37.1 Å². The third-order valence-corrected chi connectivity index (χ3v) is 3.51. The minimum atomic E-state index is -0.325. The predicted molar refractivity (Wildman–Crippen MR) is 79.0 cm³/mol. The van der Waals surface area contributed by atoms with Gasteiger partial charge in [-0.3, -0.25) is 4.90 Å². The summed E-state index contributed by atoms with van der Waals surface area (Å²) < 4.78 is 4.56. The molecule has 0 radical (unpaired) electrons. The molecule has 4 nitrogen and oxygen atoms in total. The Morgan fingerprint density at radius 2 is 2.25 bits per heavy atom. The number of benzene rings is 1. The Balaban J connectivity index is 1.80. The molecule has 20 heavy (non-hydrogen) atoms. The van der Waals surface area contributed by atoms with Crippen molar-refractivity contribution in [3.63, 3.8) is 0 Å². The molecular formula is C16H22N2O2. The Morgan fingerprint density at radius 3 is 3.00 bits per heavy atom. The van der Waals surface area contributed by atoms with Crippen molar-refractivity contribution in [1.29, 1.82) is 0 Å². The first-order valence-electron chi connectivity index (χ1n) is 7.05. The summed E-state index contributed by atoms with van der Waals surface area (Å²) in [5.41, 5.74) is 1.35. The van der Waals surface area contributed by atoms with Gasteiger partial charge in [0.2, 0.25) is 0 Å². The van der Waals surface area contributed by atoms with E-state index in [9.17, 15) is 4.79 Å². The van der Waals surface area contributed by atoms with E-state index in [2.05, 4.69) is 39.2 Å². The Morgan fingerprint density at radius 1 is 1.45 bits per heavy atom. The summed E-state index contributed by atoms with van der Waals surface area (Å²) in [7, 11) is 1.38. The van der Waals surface area contributed by atoms with Crippen LogP contribution in [0.25, 0.3) is 0 Å². The lowest BCUT2D eigenvalue weighted by Crippen LogP contribution is -2.43. The van der Waals surface area contributed by atoms with Gasteiger partial charge < -0.3 is 10.1 Å². The van der Waals surface area contributed by atoms with Crippen molar-refractivity contribution in [1.82, 2.24) is 10.2 Å². The molecule has 1 aromatic carbocycles. The fourth-order valence-corrected chi connectivity index (χ4v) is 2.50. The van der Waals surface area contributed by atoms with Crippen LogP contribution < -0.4 is 5.32 Å². The number of carbonyl (C=O) groups is 1. The van der Waals surface area contributed by atoms with Gasteiger partial charge in [0, 0.05) is 31.4 Å². The molecule has 1 aromatic rings. The molecule has 1 atom stereocenters. The summed E-state index contributed by atoms with van der Waals surface area (Å²) >= 11 is 0. The maximum absolute atomic E-state index is 11.0. The van der Waals surface area contributed by atoms with E-state index >= 15 is 0 Å². The Hall–Kier alpha value is -1.81. The highest BCUT2D eigenvalue weighted by Gasteiger charge is 2.18. The number of carbonyl (C=O) groups excluding carboxylic acids is 1. The van der Waals surface area contributed by atoms with Crippen LogP contribution in [0.4, 0.5) is 0 Å². The quantitative estimate of drug-likeness (QED) is 0.658. The molecular weight excluding hydrogens is 252 g/mol. The number of rotatable bonds is 5. The molecule has 1 N–H and O–H groups in total. The fraction of sp³-hybridized carbons (Fsp3) is 0.438. The van der Waals surface area contributed by atoms with Crippen molar-refractivity contribution in [3.8, 4) is 0 Å². The maximum Gasteiger partial charge on any atom is 0.331 e. The largest absolute Gasteiger partial charge is 0.466 e. The maximum atomic E-state index is 11.0. The van der Waals surface area contributed by atoms with Crippen LogP contribution in [0.3, 0.4) is 0 Å². The molecule has 1 fully saturated rings. The van der Waals surface area contributed by atoms with Crippen LogP contribution in [0.5, 0.6) is 0 Å². The lowest BCUT2D eigenvalue weighted by Gasteiger charge is -2.32. The second kappa shape index (κ2) is 7.70. The summed E-state index contributed by atoms with van der Waals surface area (Å²) in [6.45, 7) is 3.12. The van der Waals surface area contributed by atoms with Crippen LogP contribution in [-0.2, 0) is 16.1 Å². The smallest absolute Gasteiger partial charge is 0.331 e. The van der Waals surface area contributed by atoms with E-state index in [4.69, 9.17) is 0 Å². The molecule has 1 unspecified atom stereocenters. The number of likely N-dealkylation sites (tertiary alicyclic amines) is 1.